The van der Waals surface area contributed by atoms with E-state index in [0.717, 1.165) is 65.2 Å². The summed E-state index contributed by atoms with van der Waals surface area (Å²) in [5, 5.41) is 0.864. The summed E-state index contributed by atoms with van der Waals surface area (Å²) in [7, 11) is 0. The molecular weight excluding hydrogens is 388 g/mol. The van der Waals surface area contributed by atoms with Crippen LogP contribution in [0.3, 0.4) is 0 Å². The molecule has 170 valence electrons. The fraction of sp³-hybridized carbons (Fsp3) is 0.893. The molecule has 0 unspecified atom stereocenters. The highest BCUT2D eigenvalue weighted by molar-refractivity contribution is 6.31. The van der Waals surface area contributed by atoms with Gasteiger partial charge in [0.25, 0.3) is 0 Å². The number of rotatable bonds is 6. The van der Waals surface area contributed by atoms with Crippen LogP contribution in [0.25, 0.3) is 0 Å². The summed E-state index contributed by atoms with van der Waals surface area (Å²) >= 11 is 6.51. The maximum atomic E-state index is 11.7. The van der Waals surface area contributed by atoms with Crippen LogP contribution >= 0.6 is 11.6 Å². The number of allylic oxidation sites excluding steroid dienone is 2. The Labute approximate surface area is 190 Å². The second-order valence-corrected chi connectivity index (χ2v) is 13.1. The van der Waals surface area contributed by atoms with E-state index in [9.17, 15) is 4.79 Å². The Hall–Kier alpha value is -0.300. The molecule has 0 spiro atoms. The van der Waals surface area contributed by atoms with E-state index in [4.69, 9.17) is 11.6 Å². The number of halogens is 1. The topological polar surface area (TPSA) is 17.1 Å². The van der Waals surface area contributed by atoms with Gasteiger partial charge < -0.3 is 0 Å². The molecule has 0 N–H and O–H groups in total. The highest BCUT2D eigenvalue weighted by Gasteiger charge is 2.60. The van der Waals surface area contributed by atoms with Crippen molar-refractivity contribution in [1.82, 2.24) is 0 Å². The molecule has 1 nitrogen and oxygen atoms in total. The van der Waals surface area contributed by atoms with Crippen LogP contribution in [0.15, 0.2) is 10.6 Å². The van der Waals surface area contributed by atoms with Crippen LogP contribution in [0.4, 0.5) is 0 Å². The molecular formula is C28H45ClO. The summed E-state index contributed by atoms with van der Waals surface area (Å²) in [6, 6.07) is 0. The van der Waals surface area contributed by atoms with E-state index in [0.29, 0.717) is 16.7 Å². The summed E-state index contributed by atoms with van der Waals surface area (Å²) in [5.41, 5.74) is 1.75. The zero-order valence-corrected chi connectivity index (χ0v) is 20.9. The Balaban J connectivity index is 1.50. The third kappa shape index (κ3) is 3.74. The lowest BCUT2D eigenvalue weighted by molar-refractivity contribution is -0.111. The fourth-order valence-electron chi connectivity index (χ4n) is 9.13. The van der Waals surface area contributed by atoms with Crippen LogP contribution in [0.5, 0.6) is 0 Å². The van der Waals surface area contributed by atoms with Gasteiger partial charge in [-0.15, -0.1) is 0 Å². The number of hydrogen-bond acceptors (Lipinski definition) is 1. The average Bonchev–Trinajstić information content (AvgIpc) is 3.05. The Kier molecular flexibility index (Phi) is 6.53. The predicted molar refractivity (Wildman–Crippen MR) is 127 cm³/mol. The second-order valence-electron chi connectivity index (χ2n) is 12.6. The molecule has 0 amide bonds. The maximum Gasteiger partial charge on any atom is 0.147 e. The first kappa shape index (κ1) is 22.9. The van der Waals surface area contributed by atoms with E-state index in [1.807, 2.05) is 0 Å². The van der Waals surface area contributed by atoms with Gasteiger partial charge in [0, 0.05) is 10.6 Å². The molecule has 0 radical (unpaired) electrons. The van der Waals surface area contributed by atoms with Gasteiger partial charge in [-0.1, -0.05) is 65.5 Å². The SMILES string of the molecule is CC(C)CCC[C@@H](C)[C@H]1CC[C@H]2[C@@H]3CC[C@H]4CC(Cl)=C(C=O)C[C@]4(C)[C@H]3CC[C@]12C. The molecule has 0 bridgehead atoms. The van der Waals surface area contributed by atoms with E-state index in [1.54, 1.807) is 0 Å². The summed E-state index contributed by atoms with van der Waals surface area (Å²) in [4.78, 5) is 11.7. The van der Waals surface area contributed by atoms with Crippen LogP contribution in [0, 0.1) is 52.3 Å². The van der Waals surface area contributed by atoms with Crippen molar-refractivity contribution in [2.75, 3.05) is 0 Å². The minimum atomic E-state index is 0.292. The van der Waals surface area contributed by atoms with Crippen LogP contribution in [-0.2, 0) is 4.79 Å². The second kappa shape index (κ2) is 8.57. The zero-order valence-electron chi connectivity index (χ0n) is 20.2. The lowest BCUT2D eigenvalue weighted by Gasteiger charge is -2.60. The minimum Gasteiger partial charge on any atom is -0.298 e. The quantitative estimate of drug-likeness (QED) is 0.385. The van der Waals surface area contributed by atoms with Crippen molar-refractivity contribution in [3.05, 3.63) is 10.6 Å². The van der Waals surface area contributed by atoms with Crippen molar-refractivity contribution < 1.29 is 4.79 Å². The van der Waals surface area contributed by atoms with Crippen LogP contribution in [0.2, 0.25) is 0 Å². The fourth-order valence-corrected chi connectivity index (χ4v) is 9.43. The standard InChI is InChI=1S/C28H45ClO/c1-18(2)7-6-8-19(3)23-11-12-24-22-10-9-21-15-26(29)20(17-30)16-28(21,5)25(22)13-14-27(23,24)4/h17-19,21-25H,6-16H2,1-5H3/t19-,21+,22+,23-,24+,25+,27-,28+/m1/s1. The van der Waals surface area contributed by atoms with E-state index < -0.39 is 0 Å². The van der Waals surface area contributed by atoms with Crippen molar-refractivity contribution >= 4 is 17.9 Å². The summed E-state index contributed by atoms with van der Waals surface area (Å²) < 4.78 is 0. The first-order valence-corrected chi connectivity index (χ1v) is 13.4. The molecule has 2 heteroatoms. The Morgan fingerprint density at radius 2 is 1.73 bits per heavy atom. The van der Waals surface area contributed by atoms with Gasteiger partial charge in [-0.05, 0) is 104 Å². The normalized spacial score (nSPS) is 44.4. The molecule has 3 fully saturated rings. The predicted octanol–water partition coefficient (Wildman–Crippen LogP) is 8.41. The lowest BCUT2D eigenvalue weighted by atomic mass is 9.44. The summed E-state index contributed by atoms with van der Waals surface area (Å²) in [6.45, 7) is 12.5. The molecule has 0 aromatic heterocycles. The minimum absolute atomic E-state index is 0.292. The molecule has 0 saturated heterocycles. The Bertz CT molecular complexity index is 680. The van der Waals surface area contributed by atoms with E-state index in [1.165, 1.54) is 57.8 Å². The maximum absolute atomic E-state index is 11.7. The van der Waals surface area contributed by atoms with Gasteiger partial charge in [0.15, 0.2) is 0 Å². The van der Waals surface area contributed by atoms with Crippen molar-refractivity contribution in [3.63, 3.8) is 0 Å². The number of carbonyl (C=O) groups is 1. The largest absolute Gasteiger partial charge is 0.298 e. The Morgan fingerprint density at radius 3 is 2.43 bits per heavy atom. The first-order chi connectivity index (χ1) is 14.2. The van der Waals surface area contributed by atoms with Crippen molar-refractivity contribution in [2.45, 2.75) is 105 Å². The van der Waals surface area contributed by atoms with Gasteiger partial charge in [-0.25, -0.2) is 0 Å². The van der Waals surface area contributed by atoms with E-state index >= 15 is 0 Å². The van der Waals surface area contributed by atoms with Crippen LogP contribution in [0.1, 0.15) is 105 Å². The number of aldehydes is 1. The van der Waals surface area contributed by atoms with Gasteiger partial charge in [0.1, 0.15) is 6.29 Å². The third-order valence-electron chi connectivity index (χ3n) is 10.8. The molecule has 0 aromatic carbocycles. The van der Waals surface area contributed by atoms with Crippen LogP contribution in [-0.4, -0.2) is 6.29 Å². The summed E-state index contributed by atoms with van der Waals surface area (Å²) in [6.07, 6.45) is 15.6. The number of hydrogen-bond donors (Lipinski definition) is 0. The molecule has 8 atom stereocenters. The molecule has 0 aromatic rings. The lowest BCUT2D eigenvalue weighted by Crippen LogP contribution is -2.53. The molecule has 4 rings (SSSR count). The molecule has 0 heterocycles. The summed E-state index contributed by atoms with van der Waals surface area (Å²) in [5.74, 6) is 5.91. The van der Waals surface area contributed by atoms with Crippen molar-refractivity contribution in [3.8, 4) is 0 Å². The highest BCUT2D eigenvalue weighted by atomic mass is 35.5. The van der Waals surface area contributed by atoms with Gasteiger partial charge in [0.2, 0.25) is 0 Å². The van der Waals surface area contributed by atoms with Crippen molar-refractivity contribution in [2.24, 2.45) is 52.3 Å². The highest BCUT2D eigenvalue weighted by Crippen LogP contribution is 2.68. The molecule has 0 aliphatic heterocycles. The molecule has 30 heavy (non-hydrogen) atoms. The first-order valence-electron chi connectivity index (χ1n) is 13.0. The molecule has 3 saturated carbocycles. The van der Waals surface area contributed by atoms with E-state index in [2.05, 4.69) is 34.6 Å². The van der Waals surface area contributed by atoms with Gasteiger partial charge >= 0.3 is 0 Å². The number of fused-ring (bicyclic) bond motifs is 5. The number of carbonyl (C=O) groups excluding carboxylic acids is 1. The van der Waals surface area contributed by atoms with Crippen molar-refractivity contribution in [1.29, 1.82) is 0 Å². The average molecular weight is 433 g/mol. The van der Waals surface area contributed by atoms with Crippen LogP contribution < -0.4 is 0 Å². The Morgan fingerprint density at radius 1 is 1.00 bits per heavy atom. The van der Waals surface area contributed by atoms with Gasteiger partial charge in [0.05, 0.1) is 0 Å². The molecule has 4 aliphatic carbocycles. The van der Waals surface area contributed by atoms with Gasteiger partial charge in [-0.2, -0.15) is 0 Å². The molecule has 4 aliphatic rings. The monoisotopic (exact) mass is 432 g/mol. The van der Waals surface area contributed by atoms with E-state index in [-0.39, 0.29) is 0 Å². The smallest absolute Gasteiger partial charge is 0.147 e. The van der Waals surface area contributed by atoms with Gasteiger partial charge in [-0.3, -0.25) is 4.79 Å². The zero-order chi connectivity index (χ0) is 21.7. The third-order valence-corrected chi connectivity index (χ3v) is 11.2.